The second kappa shape index (κ2) is 5.80. The van der Waals surface area contributed by atoms with E-state index >= 15 is 0 Å². The van der Waals surface area contributed by atoms with Crippen molar-refractivity contribution in [1.82, 2.24) is 0 Å². The van der Waals surface area contributed by atoms with Gasteiger partial charge in [0.05, 0.1) is 4.47 Å². The molecule has 0 aliphatic carbocycles. The number of hydrogen-bond donors (Lipinski definition) is 2. The van der Waals surface area contributed by atoms with Crippen molar-refractivity contribution in [2.24, 2.45) is 0 Å². The number of ether oxygens (including phenoxy) is 1. The number of nitrogens with one attached hydrogen (secondary N) is 1. The minimum atomic E-state index is -4.77. The van der Waals surface area contributed by atoms with E-state index in [2.05, 4.69) is 26.0 Å². The highest BCUT2D eigenvalue weighted by atomic mass is 79.9. The fourth-order valence-electron chi connectivity index (χ4n) is 1.64. The van der Waals surface area contributed by atoms with E-state index in [-0.39, 0.29) is 15.9 Å². The van der Waals surface area contributed by atoms with Gasteiger partial charge in [0, 0.05) is 17.1 Å². The molecule has 2 rings (SSSR count). The first-order valence-electron chi connectivity index (χ1n) is 5.61. The van der Waals surface area contributed by atoms with Gasteiger partial charge in [-0.15, -0.1) is 13.2 Å². The Bertz CT molecular complexity index is 641. The van der Waals surface area contributed by atoms with Crippen molar-refractivity contribution < 1.29 is 22.3 Å². The number of benzene rings is 2. The standard InChI is InChI=1S/C13H9BrF4N2O/c14-11-6-9(1-2-12(11)21-13(16,17)18)20-10-4-7(15)3-8(19)5-10/h1-6,20H,19H2. The van der Waals surface area contributed by atoms with Crippen LogP contribution in [-0.2, 0) is 0 Å². The zero-order valence-electron chi connectivity index (χ0n) is 10.3. The largest absolute Gasteiger partial charge is 0.573 e. The maximum atomic E-state index is 13.2. The lowest BCUT2D eigenvalue weighted by atomic mass is 10.2. The summed E-state index contributed by atoms with van der Waals surface area (Å²) in [5.74, 6) is -0.889. The highest BCUT2D eigenvalue weighted by Crippen LogP contribution is 2.33. The molecule has 0 radical (unpaired) electrons. The van der Waals surface area contributed by atoms with E-state index < -0.39 is 12.2 Å². The molecule has 0 atom stereocenters. The molecule has 0 saturated carbocycles. The molecule has 0 heterocycles. The summed E-state index contributed by atoms with van der Waals surface area (Å²) in [5.41, 5.74) is 6.56. The molecule has 0 aliphatic rings. The monoisotopic (exact) mass is 364 g/mol. The number of nitrogen functional groups attached to an aromatic ring is 1. The van der Waals surface area contributed by atoms with Crippen LogP contribution in [0.2, 0.25) is 0 Å². The summed E-state index contributed by atoms with van der Waals surface area (Å²) in [7, 11) is 0. The van der Waals surface area contributed by atoms with Gasteiger partial charge >= 0.3 is 6.36 Å². The van der Waals surface area contributed by atoms with Crippen molar-refractivity contribution in [2.45, 2.75) is 6.36 Å². The van der Waals surface area contributed by atoms with Crippen LogP contribution in [0.25, 0.3) is 0 Å². The highest BCUT2D eigenvalue weighted by Gasteiger charge is 2.31. The topological polar surface area (TPSA) is 47.3 Å². The van der Waals surface area contributed by atoms with Gasteiger partial charge in [-0.1, -0.05) is 0 Å². The minimum absolute atomic E-state index is 0.106. The summed E-state index contributed by atoms with van der Waals surface area (Å²) in [6.07, 6.45) is -4.77. The van der Waals surface area contributed by atoms with E-state index in [0.717, 1.165) is 12.1 Å². The molecule has 2 aromatic rings. The molecule has 0 bridgehead atoms. The molecule has 0 amide bonds. The van der Waals surface area contributed by atoms with Crippen molar-refractivity contribution in [1.29, 1.82) is 0 Å². The van der Waals surface area contributed by atoms with Crippen LogP contribution in [0.3, 0.4) is 0 Å². The van der Waals surface area contributed by atoms with E-state index in [1.54, 1.807) is 0 Å². The number of halogens is 5. The Balaban J connectivity index is 2.20. The summed E-state index contributed by atoms with van der Waals surface area (Å²) < 4.78 is 53.5. The van der Waals surface area contributed by atoms with Gasteiger partial charge in [-0.05, 0) is 52.3 Å². The Morgan fingerprint density at radius 2 is 1.76 bits per heavy atom. The lowest BCUT2D eigenvalue weighted by Gasteiger charge is -2.13. The van der Waals surface area contributed by atoms with Crippen LogP contribution in [0.5, 0.6) is 5.75 Å². The van der Waals surface area contributed by atoms with Crippen molar-refractivity contribution in [3.8, 4) is 5.75 Å². The molecular weight excluding hydrogens is 356 g/mol. The first-order chi connectivity index (χ1) is 9.73. The number of nitrogens with two attached hydrogens (primary N) is 1. The number of alkyl halides is 3. The minimum Gasteiger partial charge on any atom is -0.405 e. The Kier molecular flexibility index (Phi) is 4.26. The molecular formula is C13H9BrF4N2O. The van der Waals surface area contributed by atoms with Crippen LogP contribution in [0.15, 0.2) is 40.9 Å². The summed E-state index contributed by atoms with van der Waals surface area (Å²) in [6, 6.07) is 7.75. The Hall–Kier alpha value is -1.96. The Morgan fingerprint density at radius 1 is 1.05 bits per heavy atom. The summed E-state index contributed by atoms with van der Waals surface area (Å²) >= 11 is 2.98. The maximum absolute atomic E-state index is 13.2. The van der Waals surface area contributed by atoms with E-state index in [0.29, 0.717) is 11.4 Å². The molecule has 21 heavy (non-hydrogen) atoms. The second-order valence-corrected chi connectivity index (χ2v) is 4.95. The first kappa shape index (κ1) is 15.4. The zero-order valence-corrected chi connectivity index (χ0v) is 11.9. The van der Waals surface area contributed by atoms with Gasteiger partial charge < -0.3 is 15.8 Å². The molecule has 0 aromatic heterocycles. The normalized spacial score (nSPS) is 11.3. The summed E-state index contributed by atoms with van der Waals surface area (Å²) in [4.78, 5) is 0. The second-order valence-electron chi connectivity index (χ2n) is 4.09. The van der Waals surface area contributed by atoms with Crippen LogP contribution in [0, 0.1) is 5.82 Å². The van der Waals surface area contributed by atoms with Crippen LogP contribution in [0.1, 0.15) is 0 Å². The SMILES string of the molecule is Nc1cc(F)cc(Nc2ccc(OC(F)(F)F)c(Br)c2)c1. The summed E-state index contributed by atoms with van der Waals surface area (Å²) in [6.45, 7) is 0. The molecule has 0 spiro atoms. The third-order valence-electron chi connectivity index (χ3n) is 2.37. The van der Waals surface area contributed by atoms with Crippen molar-refractivity contribution in [3.05, 3.63) is 46.7 Å². The molecule has 112 valence electrons. The molecule has 0 unspecified atom stereocenters. The molecule has 3 nitrogen and oxygen atoms in total. The molecule has 8 heteroatoms. The Morgan fingerprint density at radius 3 is 2.33 bits per heavy atom. The predicted molar refractivity (Wildman–Crippen MR) is 74.9 cm³/mol. The van der Waals surface area contributed by atoms with Gasteiger partial charge in [-0.25, -0.2) is 4.39 Å². The van der Waals surface area contributed by atoms with Crippen LogP contribution < -0.4 is 15.8 Å². The van der Waals surface area contributed by atoms with Crippen LogP contribution >= 0.6 is 15.9 Å². The smallest absolute Gasteiger partial charge is 0.405 e. The van der Waals surface area contributed by atoms with E-state index in [1.165, 1.54) is 24.3 Å². The van der Waals surface area contributed by atoms with Crippen LogP contribution in [-0.4, -0.2) is 6.36 Å². The van der Waals surface area contributed by atoms with E-state index in [9.17, 15) is 17.6 Å². The molecule has 0 saturated heterocycles. The van der Waals surface area contributed by atoms with E-state index in [4.69, 9.17) is 5.73 Å². The lowest BCUT2D eigenvalue weighted by molar-refractivity contribution is -0.274. The average molecular weight is 365 g/mol. The number of anilines is 3. The number of hydrogen-bond acceptors (Lipinski definition) is 3. The van der Waals surface area contributed by atoms with Gasteiger partial charge in [0.1, 0.15) is 11.6 Å². The molecule has 0 fully saturated rings. The fourth-order valence-corrected chi connectivity index (χ4v) is 2.10. The van der Waals surface area contributed by atoms with Crippen LogP contribution in [0.4, 0.5) is 34.6 Å². The van der Waals surface area contributed by atoms with Crippen molar-refractivity contribution in [2.75, 3.05) is 11.1 Å². The van der Waals surface area contributed by atoms with Gasteiger partial charge in [0.25, 0.3) is 0 Å². The number of rotatable bonds is 3. The van der Waals surface area contributed by atoms with Gasteiger partial charge in [0.15, 0.2) is 0 Å². The third kappa shape index (κ3) is 4.52. The molecule has 3 N–H and O–H groups in total. The first-order valence-corrected chi connectivity index (χ1v) is 6.40. The van der Waals surface area contributed by atoms with E-state index in [1.807, 2.05) is 0 Å². The van der Waals surface area contributed by atoms with Gasteiger partial charge in [-0.3, -0.25) is 0 Å². The third-order valence-corrected chi connectivity index (χ3v) is 2.99. The predicted octanol–water partition coefficient (Wildman–Crippen LogP) is 4.81. The van der Waals surface area contributed by atoms with Crippen molar-refractivity contribution >= 4 is 33.0 Å². The van der Waals surface area contributed by atoms with Gasteiger partial charge in [0.2, 0.25) is 0 Å². The highest BCUT2D eigenvalue weighted by molar-refractivity contribution is 9.10. The Labute approximate surface area is 125 Å². The quantitative estimate of drug-likeness (QED) is 0.606. The lowest BCUT2D eigenvalue weighted by Crippen LogP contribution is -2.17. The molecule has 2 aromatic carbocycles. The van der Waals surface area contributed by atoms with Crippen molar-refractivity contribution in [3.63, 3.8) is 0 Å². The zero-order chi connectivity index (χ0) is 15.6. The molecule has 0 aliphatic heterocycles. The maximum Gasteiger partial charge on any atom is 0.573 e. The fraction of sp³-hybridized carbons (Fsp3) is 0.0769. The summed E-state index contributed by atoms with van der Waals surface area (Å²) in [5, 5.41) is 2.83. The average Bonchev–Trinajstić information content (AvgIpc) is 2.30. The van der Waals surface area contributed by atoms with Gasteiger partial charge in [-0.2, -0.15) is 0 Å².